The van der Waals surface area contributed by atoms with Gasteiger partial charge < -0.3 is 9.47 Å². The van der Waals surface area contributed by atoms with E-state index in [4.69, 9.17) is 9.47 Å². The predicted octanol–water partition coefficient (Wildman–Crippen LogP) is 8.43. The molecule has 0 heterocycles. The summed E-state index contributed by atoms with van der Waals surface area (Å²) in [6.45, 7) is 15.2. The summed E-state index contributed by atoms with van der Waals surface area (Å²) in [4.78, 5) is 11.7. The maximum Gasteiger partial charge on any atom is 0.508 e. The number of carbonyl (C=O) groups is 1. The van der Waals surface area contributed by atoms with Crippen LogP contribution < -0.4 is 0 Å². The average molecular weight is 459 g/mol. The van der Waals surface area contributed by atoms with Gasteiger partial charge in [-0.25, -0.2) is 4.79 Å². The van der Waals surface area contributed by atoms with Crippen molar-refractivity contribution in [1.82, 2.24) is 0 Å². The van der Waals surface area contributed by atoms with E-state index < -0.39 is 6.16 Å². The van der Waals surface area contributed by atoms with Gasteiger partial charge in [0.15, 0.2) is 0 Å². The lowest BCUT2D eigenvalue weighted by Gasteiger charge is -2.63. The third-order valence-corrected chi connectivity index (χ3v) is 11.6. The molecule has 2 unspecified atom stereocenters. The molecule has 0 aromatic heterocycles. The molecule has 0 N–H and O–H groups in total. The summed E-state index contributed by atoms with van der Waals surface area (Å²) < 4.78 is 10.3. The Morgan fingerprint density at radius 2 is 1.70 bits per heavy atom. The van der Waals surface area contributed by atoms with E-state index in [1.165, 1.54) is 52.1 Å². The highest BCUT2D eigenvalue weighted by atomic mass is 16.7. The summed E-state index contributed by atoms with van der Waals surface area (Å²) in [7, 11) is 1.40. The normalized spacial score (nSPS) is 45.2. The Morgan fingerprint density at radius 1 is 0.970 bits per heavy atom. The molecule has 188 valence electrons. The summed E-state index contributed by atoms with van der Waals surface area (Å²) in [5, 5.41) is 0. The largest absolute Gasteiger partial charge is 0.508 e. The number of ether oxygens (including phenoxy) is 2. The van der Waals surface area contributed by atoms with Gasteiger partial charge in [-0.05, 0) is 96.7 Å². The Bertz CT molecular complexity index is 743. The zero-order valence-electron chi connectivity index (χ0n) is 22.5. The van der Waals surface area contributed by atoms with Crippen molar-refractivity contribution in [1.29, 1.82) is 0 Å². The molecule has 0 bridgehead atoms. The van der Waals surface area contributed by atoms with E-state index in [9.17, 15) is 4.79 Å². The van der Waals surface area contributed by atoms with Gasteiger partial charge in [-0.2, -0.15) is 0 Å². The van der Waals surface area contributed by atoms with E-state index in [0.29, 0.717) is 28.1 Å². The van der Waals surface area contributed by atoms with Crippen LogP contribution in [0.3, 0.4) is 0 Å². The summed E-state index contributed by atoms with van der Waals surface area (Å²) in [5.41, 5.74) is 1.21. The van der Waals surface area contributed by atoms with Gasteiger partial charge in [-0.15, -0.1) is 0 Å². The number of fused-ring (bicyclic) bond motifs is 5. The summed E-state index contributed by atoms with van der Waals surface area (Å²) in [6, 6.07) is 0. The molecule has 33 heavy (non-hydrogen) atoms. The van der Waals surface area contributed by atoms with Crippen molar-refractivity contribution in [2.45, 2.75) is 112 Å². The second-order valence-electron chi connectivity index (χ2n) is 13.4. The van der Waals surface area contributed by atoms with Crippen molar-refractivity contribution < 1.29 is 14.3 Å². The van der Waals surface area contributed by atoms with Crippen molar-refractivity contribution in [3.63, 3.8) is 0 Å². The Morgan fingerprint density at radius 3 is 2.39 bits per heavy atom. The van der Waals surface area contributed by atoms with E-state index in [0.717, 1.165) is 42.9 Å². The second-order valence-corrected chi connectivity index (χ2v) is 13.4. The van der Waals surface area contributed by atoms with Crippen molar-refractivity contribution >= 4 is 6.16 Å². The third kappa shape index (κ3) is 4.18. The topological polar surface area (TPSA) is 35.5 Å². The zero-order chi connectivity index (χ0) is 24.0. The van der Waals surface area contributed by atoms with Gasteiger partial charge in [0.05, 0.1) is 7.11 Å². The predicted molar refractivity (Wildman–Crippen MR) is 135 cm³/mol. The van der Waals surface area contributed by atoms with Crippen LogP contribution in [-0.2, 0) is 9.47 Å². The molecule has 9 atom stereocenters. The van der Waals surface area contributed by atoms with Crippen LogP contribution in [0.2, 0.25) is 0 Å². The van der Waals surface area contributed by atoms with Crippen LogP contribution in [0, 0.1) is 51.8 Å². The molecule has 0 spiro atoms. The number of carbonyl (C=O) groups excluding carboxylic acids is 1. The number of rotatable bonds is 6. The Kier molecular flexibility index (Phi) is 7.02. The van der Waals surface area contributed by atoms with Crippen molar-refractivity contribution in [3.05, 3.63) is 12.2 Å². The molecule has 3 fully saturated rings. The minimum absolute atomic E-state index is 0.00344. The van der Waals surface area contributed by atoms with Crippen molar-refractivity contribution in [2.24, 2.45) is 51.8 Å². The minimum atomic E-state index is -0.526. The Hall–Kier alpha value is -0.990. The highest BCUT2D eigenvalue weighted by Gasteiger charge is 2.65. The fourth-order valence-corrected chi connectivity index (χ4v) is 9.26. The standard InChI is InChI=1S/C30H50O3/c1-20(2)9-8-10-21(3)24-14-17-30(6)26-12-11-22-19-23(33-27(31)32-7)13-16-28(22,4)25(26)15-18-29(24,30)5/h11-12,20-26H,8-10,13-19H2,1-7H3/t21-,22?,23?,24-,25+,26-,28+,29-,30+/m0/s1. The van der Waals surface area contributed by atoms with E-state index in [-0.39, 0.29) is 6.10 Å². The molecule has 4 aliphatic rings. The van der Waals surface area contributed by atoms with E-state index in [1.807, 2.05) is 0 Å². The first kappa shape index (κ1) is 25.1. The smallest absolute Gasteiger partial charge is 0.438 e. The Labute approximate surface area is 203 Å². The summed E-state index contributed by atoms with van der Waals surface area (Å²) in [5.74, 6) is 4.52. The molecular weight excluding hydrogens is 408 g/mol. The van der Waals surface area contributed by atoms with Gasteiger partial charge in [0.25, 0.3) is 0 Å². The highest BCUT2D eigenvalue weighted by molar-refractivity contribution is 5.59. The first-order valence-electron chi connectivity index (χ1n) is 14.0. The zero-order valence-corrected chi connectivity index (χ0v) is 22.5. The van der Waals surface area contributed by atoms with E-state index in [1.54, 1.807) is 0 Å². The maximum absolute atomic E-state index is 11.7. The third-order valence-electron chi connectivity index (χ3n) is 11.6. The average Bonchev–Trinajstić information content (AvgIpc) is 3.05. The van der Waals surface area contributed by atoms with Gasteiger partial charge in [0, 0.05) is 0 Å². The van der Waals surface area contributed by atoms with Crippen LogP contribution in [0.4, 0.5) is 4.79 Å². The lowest BCUT2D eigenvalue weighted by molar-refractivity contribution is -0.124. The molecule has 0 saturated heterocycles. The fraction of sp³-hybridized carbons (Fsp3) is 0.900. The van der Waals surface area contributed by atoms with Crippen LogP contribution in [0.1, 0.15) is 106 Å². The van der Waals surface area contributed by atoms with Crippen LogP contribution in [-0.4, -0.2) is 19.4 Å². The highest BCUT2D eigenvalue weighted by Crippen LogP contribution is 2.72. The molecule has 0 aliphatic heterocycles. The minimum Gasteiger partial charge on any atom is -0.438 e. The van der Waals surface area contributed by atoms with Gasteiger partial charge in [0.1, 0.15) is 6.10 Å². The van der Waals surface area contributed by atoms with E-state index >= 15 is 0 Å². The van der Waals surface area contributed by atoms with Crippen LogP contribution >= 0.6 is 0 Å². The van der Waals surface area contributed by atoms with Crippen LogP contribution in [0.15, 0.2) is 12.2 Å². The monoisotopic (exact) mass is 458 g/mol. The lowest BCUT2D eigenvalue weighted by Crippen LogP contribution is -2.56. The SMILES string of the molecule is COC(=O)OC1CC[C@]2(C)C(C=C[C@H]3[C@H]2CC[C@@]2(C)[C@H]([C@@H](C)CCCC(C)C)CC[C@]32C)C1. The number of hydrogen-bond acceptors (Lipinski definition) is 3. The van der Waals surface area contributed by atoms with Gasteiger partial charge in [0.2, 0.25) is 0 Å². The molecule has 4 rings (SSSR count). The van der Waals surface area contributed by atoms with Crippen LogP contribution in [0.5, 0.6) is 0 Å². The summed E-state index contributed by atoms with van der Waals surface area (Å²) >= 11 is 0. The molecular formula is C30H50O3. The molecule has 0 aromatic rings. The molecule has 3 saturated carbocycles. The first-order chi connectivity index (χ1) is 15.5. The maximum atomic E-state index is 11.7. The quantitative estimate of drug-likeness (QED) is 0.296. The number of hydrogen-bond donors (Lipinski definition) is 0. The molecule has 0 radical (unpaired) electrons. The fourth-order valence-electron chi connectivity index (χ4n) is 9.26. The number of allylic oxidation sites excluding steroid dienone is 2. The molecule has 4 aliphatic carbocycles. The number of methoxy groups -OCH3 is 1. The van der Waals surface area contributed by atoms with Crippen LogP contribution in [0.25, 0.3) is 0 Å². The first-order valence-corrected chi connectivity index (χ1v) is 14.0. The van der Waals surface area contributed by atoms with Gasteiger partial charge in [-0.1, -0.05) is 73.0 Å². The lowest BCUT2D eigenvalue weighted by atomic mass is 9.42. The van der Waals surface area contributed by atoms with Gasteiger partial charge >= 0.3 is 6.16 Å². The second kappa shape index (κ2) is 9.23. The van der Waals surface area contributed by atoms with Crippen molar-refractivity contribution in [2.75, 3.05) is 7.11 Å². The van der Waals surface area contributed by atoms with Gasteiger partial charge in [-0.3, -0.25) is 0 Å². The molecule has 0 aromatic carbocycles. The molecule has 3 nitrogen and oxygen atoms in total. The molecule has 3 heteroatoms. The van der Waals surface area contributed by atoms with Crippen molar-refractivity contribution in [3.8, 4) is 0 Å². The van der Waals surface area contributed by atoms with E-state index in [2.05, 4.69) is 53.7 Å². The Balaban J connectivity index is 1.51. The molecule has 0 amide bonds. The summed E-state index contributed by atoms with van der Waals surface area (Å²) in [6.07, 6.45) is 17.5.